The number of benzene rings is 1. The number of anilines is 2. The number of amides is 2. The van der Waals surface area contributed by atoms with Crippen molar-refractivity contribution in [3.63, 3.8) is 0 Å². The number of carbonyl (C=O) groups is 2. The van der Waals surface area contributed by atoms with Crippen LogP contribution in [0, 0.1) is 6.92 Å². The van der Waals surface area contributed by atoms with E-state index in [1.807, 2.05) is 6.92 Å². The number of aromatic nitrogens is 1. The third-order valence-corrected chi connectivity index (χ3v) is 4.27. The van der Waals surface area contributed by atoms with Crippen LogP contribution in [0.2, 0.25) is 0 Å². The Kier molecular flexibility index (Phi) is 5.67. The Balaban J connectivity index is 1.78. The van der Waals surface area contributed by atoms with Crippen molar-refractivity contribution in [3.05, 3.63) is 42.1 Å². The molecule has 9 heteroatoms. The fourth-order valence-corrected chi connectivity index (χ4v) is 2.92. The topological polar surface area (TPSA) is 80.8 Å². The quantitative estimate of drug-likeness (QED) is 0.795. The smallest absolute Gasteiger partial charge is 0.394 e. The van der Waals surface area contributed by atoms with Gasteiger partial charge >= 0.3 is 6.11 Å². The number of hydrogen-bond donors (Lipinski definition) is 1. The van der Waals surface area contributed by atoms with Gasteiger partial charge in [0, 0.05) is 13.1 Å². The molecule has 1 aromatic heterocycles. The van der Waals surface area contributed by atoms with Crippen LogP contribution < -0.4 is 19.7 Å². The van der Waals surface area contributed by atoms with Crippen LogP contribution in [0.15, 0.2) is 36.5 Å². The number of ether oxygens (including phenoxy) is 2. The van der Waals surface area contributed by atoms with E-state index in [1.165, 1.54) is 29.2 Å². The summed E-state index contributed by atoms with van der Waals surface area (Å²) >= 11 is 0. The highest BCUT2D eigenvalue weighted by atomic mass is 19.3. The first-order chi connectivity index (χ1) is 13.7. The second kappa shape index (κ2) is 8.02. The maximum Gasteiger partial charge on any atom is 0.394 e. The van der Waals surface area contributed by atoms with E-state index in [9.17, 15) is 18.4 Å². The van der Waals surface area contributed by atoms with E-state index in [4.69, 9.17) is 4.74 Å². The molecular formula is C20H21F2N3O4. The number of nitrogens with one attached hydrogen (secondary N) is 1. The van der Waals surface area contributed by atoms with Crippen molar-refractivity contribution in [2.24, 2.45) is 0 Å². The zero-order chi connectivity index (χ0) is 21.2. The average molecular weight is 405 g/mol. The average Bonchev–Trinajstić information content (AvgIpc) is 2.66. The lowest BCUT2D eigenvalue weighted by molar-refractivity contribution is -0.159. The minimum Gasteiger partial charge on any atom is -0.481 e. The minimum atomic E-state index is -3.29. The van der Waals surface area contributed by atoms with Crippen molar-refractivity contribution in [2.45, 2.75) is 39.4 Å². The number of aryl methyl sites for hydroxylation is 1. The van der Waals surface area contributed by atoms with Gasteiger partial charge in [-0.15, -0.1) is 0 Å². The van der Waals surface area contributed by atoms with Gasteiger partial charge in [-0.2, -0.15) is 8.78 Å². The number of pyridine rings is 1. The van der Waals surface area contributed by atoms with Gasteiger partial charge < -0.3 is 14.8 Å². The maximum absolute atomic E-state index is 13.1. The second-order valence-corrected chi connectivity index (χ2v) is 6.70. The molecule has 2 aromatic rings. The zero-order valence-corrected chi connectivity index (χ0v) is 16.2. The molecule has 0 radical (unpaired) electrons. The summed E-state index contributed by atoms with van der Waals surface area (Å²) in [6, 6.07) is 7.29. The summed E-state index contributed by atoms with van der Waals surface area (Å²) in [6.45, 7) is 4.06. The first-order valence-electron chi connectivity index (χ1n) is 9.08. The lowest BCUT2D eigenvalue weighted by atomic mass is 10.1. The summed E-state index contributed by atoms with van der Waals surface area (Å²) in [6.07, 6.45) is -2.27. The molecule has 0 fully saturated rings. The molecule has 0 aliphatic carbocycles. The molecule has 0 saturated heterocycles. The van der Waals surface area contributed by atoms with Gasteiger partial charge in [0.1, 0.15) is 18.0 Å². The number of halogens is 2. The third kappa shape index (κ3) is 4.79. The Bertz CT molecular complexity index is 913. The van der Waals surface area contributed by atoms with E-state index < -0.39 is 18.1 Å². The van der Waals surface area contributed by atoms with Crippen molar-refractivity contribution in [2.75, 3.05) is 16.8 Å². The molecule has 2 heterocycles. The summed E-state index contributed by atoms with van der Waals surface area (Å²) in [7, 11) is 0. The number of carbonyl (C=O) groups excluding carboxylic acids is 2. The number of hydrogen-bond acceptors (Lipinski definition) is 5. The first-order valence-corrected chi connectivity index (χ1v) is 9.08. The molecule has 1 aromatic carbocycles. The van der Waals surface area contributed by atoms with Crippen molar-refractivity contribution in [1.29, 1.82) is 0 Å². The summed E-state index contributed by atoms with van der Waals surface area (Å²) < 4.78 is 36.1. The Morgan fingerprint density at radius 3 is 2.55 bits per heavy atom. The minimum absolute atomic E-state index is 0.0227. The Morgan fingerprint density at radius 1 is 1.28 bits per heavy atom. The third-order valence-electron chi connectivity index (χ3n) is 4.27. The lowest BCUT2D eigenvalue weighted by Crippen LogP contribution is -2.48. The maximum atomic E-state index is 13.1. The van der Waals surface area contributed by atoms with Crippen LogP contribution in [-0.4, -0.2) is 35.6 Å². The van der Waals surface area contributed by atoms with Gasteiger partial charge in [-0.25, -0.2) is 4.98 Å². The van der Waals surface area contributed by atoms with Crippen LogP contribution in [0.25, 0.3) is 0 Å². The van der Waals surface area contributed by atoms with Gasteiger partial charge in [0.25, 0.3) is 5.91 Å². The van der Waals surface area contributed by atoms with E-state index >= 15 is 0 Å². The van der Waals surface area contributed by atoms with Crippen molar-refractivity contribution >= 4 is 23.3 Å². The molecule has 1 aliphatic heterocycles. The van der Waals surface area contributed by atoms with E-state index in [2.05, 4.69) is 15.0 Å². The van der Waals surface area contributed by atoms with Gasteiger partial charge in [-0.3, -0.25) is 14.5 Å². The van der Waals surface area contributed by atoms with Gasteiger partial charge in [0.15, 0.2) is 11.9 Å². The van der Waals surface area contributed by atoms with Crippen LogP contribution in [0.5, 0.6) is 11.5 Å². The highest BCUT2D eigenvalue weighted by Crippen LogP contribution is 2.31. The van der Waals surface area contributed by atoms with Crippen LogP contribution >= 0.6 is 0 Å². The highest BCUT2D eigenvalue weighted by Gasteiger charge is 2.33. The predicted octanol–water partition coefficient (Wildman–Crippen LogP) is 3.52. The van der Waals surface area contributed by atoms with Crippen LogP contribution in [0.4, 0.5) is 20.3 Å². The molecule has 154 valence electrons. The van der Waals surface area contributed by atoms with Crippen molar-refractivity contribution in [1.82, 2.24) is 4.98 Å². The number of fused-ring (bicyclic) bond motifs is 1. The van der Waals surface area contributed by atoms with Crippen LogP contribution in [0.3, 0.4) is 0 Å². The second-order valence-electron chi connectivity index (χ2n) is 6.70. The summed E-state index contributed by atoms with van der Waals surface area (Å²) in [5, 5.41) is 2.73. The van der Waals surface area contributed by atoms with E-state index in [0.717, 1.165) is 5.56 Å². The first kappa shape index (κ1) is 20.5. The standard InChI is InChI=1S/C20H21F2N3O4/c1-4-15(28-13-5-7-14(8-6-13)29-20(3,21)22)19(27)25-11-16(26)24-17-12(2)9-10-23-18(17)25/h5-10,15H,4,11H2,1-3H3,(H,24,26). The SMILES string of the molecule is CCC(Oc1ccc(OC(C)(F)F)cc1)C(=O)N1CC(=O)Nc2c(C)ccnc21. The Labute approximate surface area is 166 Å². The van der Waals surface area contributed by atoms with Gasteiger partial charge in [-0.05, 0) is 49.2 Å². The fourth-order valence-electron chi connectivity index (χ4n) is 2.92. The van der Waals surface area contributed by atoms with Crippen LogP contribution in [-0.2, 0) is 9.59 Å². The Hall–Kier alpha value is -3.23. The Morgan fingerprint density at radius 2 is 1.93 bits per heavy atom. The molecule has 1 unspecified atom stereocenters. The molecule has 1 N–H and O–H groups in total. The molecule has 3 rings (SSSR count). The monoisotopic (exact) mass is 405 g/mol. The molecule has 1 aliphatic rings. The van der Waals surface area contributed by atoms with E-state index in [1.54, 1.807) is 19.2 Å². The van der Waals surface area contributed by atoms with Gasteiger partial charge in [0.2, 0.25) is 5.91 Å². The molecule has 29 heavy (non-hydrogen) atoms. The number of alkyl halides is 2. The highest BCUT2D eigenvalue weighted by molar-refractivity contribution is 6.10. The fraction of sp³-hybridized carbons (Fsp3) is 0.350. The summed E-state index contributed by atoms with van der Waals surface area (Å²) in [4.78, 5) is 30.7. The largest absolute Gasteiger partial charge is 0.481 e. The van der Waals surface area contributed by atoms with Gasteiger partial charge in [-0.1, -0.05) is 6.92 Å². The molecule has 7 nitrogen and oxygen atoms in total. The predicted molar refractivity (Wildman–Crippen MR) is 102 cm³/mol. The lowest BCUT2D eigenvalue weighted by Gasteiger charge is -2.31. The van der Waals surface area contributed by atoms with Crippen molar-refractivity contribution in [3.8, 4) is 11.5 Å². The molecule has 0 bridgehead atoms. The number of nitrogens with zero attached hydrogens (tertiary/aromatic N) is 2. The zero-order valence-electron chi connectivity index (χ0n) is 16.2. The normalized spacial score (nSPS) is 14.7. The van der Waals surface area contributed by atoms with Crippen LogP contribution in [0.1, 0.15) is 25.8 Å². The number of rotatable bonds is 6. The molecule has 0 spiro atoms. The summed E-state index contributed by atoms with van der Waals surface area (Å²) in [5.41, 5.74) is 1.28. The molecule has 1 atom stereocenters. The van der Waals surface area contributed by atoms with E-state index in [0.29, 0.717) is 30.6 Å². The molecule has 2 amide bonds. The van der Waals surface area contributed by atoms with E-state index in [-0.39, 0.29) is 18.2 Å². The summed E-state index contributed by atoms with van der Waals surface area (Å²) in [5.74, 6) is -0.0760. The van der Waals surface area contributed by atoms with Gasteiger partial charge in [0.05, 0.1) is 5.69 Å². The molecule has 0 saturated carbocycles. The van der Waals surface area contributed by atoms with Crippen molar-refractivity contribution < 1.29 is 27.8 Å². The molecular weight excluding hydrogens is 384 g/mol.